The van der Waals surface area contributed by atoms with Crippen LogP contribution in [-0.4, -0.2) is 6.61 Å². The van der Waals surface area contributed by atoms with Gasteiger partial charge in [0.15, 0.2) is 0 Å². The average molecular weight is 276 g/mol. The molecule has 0 fully saturated rings. The lowest BCUT2D eigenvalue weighted by Gasteiger charge is -2.14. The summed E-state index contributed by atoms with van der Waals surface area (Å²) in [6.45, 7) is 2.56. The fraction of sp³-hybridized carbons (Fsp3) is 0.250. The minimum absolute atomic E-state index is 0.0922. The molecule has 0 unspecified atom stereocenters. The van der Waals surface area contributed by atoms with Crippen molar-refractivity contribution in [3.63, 3.8) is 0 Å². The summed E-state index contributed by atoms with van der Waals surface area (Å²) in [5, 5.41) is 0.683. The third kappa shape index (κ3) is 3.98. The zero-order valence-electron chi connectivity index (χ0n) is 11.0. The predicted molar refractivity (Wildman–Crippen MR) is 79.7 cm³/mol. The van der Waals surface area contributed by atoms with Crippen molar-refractivity contribution in [1.29, 1.82) is 0 Å². The molecule has 2 aromatic carbocycles. The van der Waals surface area contributed by atoms with Gasteiger partial charge < -0.3 is 10.5 Å². The maximum Gasteiger partial charge on any atom is 0.124 e. The molecule has 19 heavy (non-hydrogen) atoms. The maximum absolute atomic E-state index is 5.98. The summed E-state index contributed by atoms with van der Waals surface area (Å²) in [7, 11) is 0. The molecule has 0 saturated heterocycles. The first kappa shape index (κ1) is 13.9. The number of hydrogen-bond acceptors (Lipinski definition) is 2. The molecule has 2 nitrogen and oxygen atoms in total. The monoisotopic (exact) mass is 275 g/mol. The fourth-order valence-corrected chi connectivity index (χ4v) is 2.11. The van der Waals surface area contributed by atoms with Gasteiger partial charge in [-0.25, -0.2) is 0 Å². The molecule has 0 bridgehead atoms. The second-order valence-corrected chi connectivity index (χ2v) is 4.99. The molecule has 0 saturated carbocycles. The molecule has 0 aliphatic carbocycles. The van der Waals surface area contributed by atoms with Crippen LogP contribution < -0.4 is 10.5 Å². The summed E-state index contributed by atoms with van der Waals surface area (Å²) in [5.41, 5.74) is 8.14. The van der Waals surface area contributed by atoms with E-state index in [9.17, 15) is 0 Å². The van der Waals surface area contributed by atoms with Crippen LogP contribution in [-0.2, 0) is 6.42 Å². The highest BCUT2D eigenvalue weighted by Gasteiger charge is 2.08. The van der Waals surface area contributed by atoms with Gasteiger partial charge in [0.05, 0.1) is 6.61 Å². The normalized spacial score (nSPS) is 12.2. The van der Waals surface area contributed by atoms with Crippen LogP contribution in [0.1, 0.15) is 24.1 Å². The van der Waals surface area contributed by atoms with Crippen molar-refractivity contribution >= 4 is 11.6 Å². The summed E-state index contributed by atoms with van der Waals surface area (Å²) in [6, 6.07) is 15.7. The van der Waals surface area contributed by atoms with Gasteiger partial charge in [-0.2, -0.15) is 0 Å². The second kappa shape index (κ2) is 6.60. The molecule has 0 amide bonds. The molecular formula is C16H18ClNO. The van der Waals surface area contributed by atoms with Crippen LogP contribution in [0.2, 0.25) is 5.02 Å². The minimum Gasteiger partial charge on any atom is -0.493 e. The largest absolute Gasteiger partial charge is 0.493 e. The smallest absolute Gasteiger partial charge is 0.124 e. The molecular weight excluding hydrogens is 258 g/mol. The number of nitrogens with two attached hydrogens (primary N) is 1. The standard InChI is InChI=1S/C16H18ClNO/c1-12(18)15-11-14(17)7-8-16(15)19-10-9-13-5-3-2-4-6-13/h2-8,11-12H,9-10,18H2,1H3/t12-/m0/s1. The third-order valence-electron chi connectivity index (χ3n) is 2.95. The average Bonchev–Trinajstić information content (AvgIpc) is 2.41. The van der Waals surface area contributed by atoms with Crippen LogP contribution in [0.25, 0.3) is 0 Å². The van der Waals surface area contributed by atoms with E-state index in [4.69, 9.17) is 22.1 Å². The Morgan fingerprint density at radius 2 is 1.89 bits per heavy atom. The van der Waals surface area contributed by atoms with Crippen LogP contribution >= 0.6 is 11.6 Å². The lowest BCUT2D eigenvalue weighted by molar-refractivity contribution is 0.317. The van der Waals surface area contributed by atoms with Crippen molar-refractivity contribution in [1.82, 2.24) is 0 Å². The molecule has 2 N–H and O–H groups in total. The van der Waals surface area contributed by atoms with Crippen molar-refractivity contribution < 1.29 is 4.74 Å². The Kier molecular flexibility index (Phi) is 4.83. The minimum atomic E-state index is -0.0922. The van der Waals surface area contributed by atoms with Crippen molar-refractivity contribution in [2.45, 2.75) is 19.4 Å². The van der Waals surface area contributed by atoms with E-state index >= 15 is 0 Å². The third-order valence-corrected chi connectivity index (χ3v) is 3.19. The molecule has 1 atom stereocenters. The molecule has 100 valence electrons. The van der Waals surface area contributed by atoms with Gasteiger partial charge in [-0.05, 0) is 30.7 Å². The van der Waals surface area contributed by atoms with Gasteiger partial charge in [-0.1, -0.05) is 41.9 Å². The molecule has 0 aromatic heterocycles. The SMILES string of the molecule is C[C@H](N)c1cc(Cl)ccc1OCCc1ccccc1. The van der Waals surface area contributed by atoms with E-state index in [0.29, 0.717) is 11.6 Å². The number of rotatable bonds is 5. The van der Waals surface area contributed by atoms with Crippen molar-refractivity contribution in [2.24, 2.45) is 5.73 Å². The Morgan fingerprint density at radius 1 is 1.16 bits per heavy atom. The van der Waals surface area contributed by atoms with Crippen LogP contribution in [0, 0.1) is 0 Å². The van der Waals surface area contributed by atoms with Gasteiger partial charge >= 0.3 is 0 Å². The molecule has 2 aromatic rings. The maximum atomic E-state index is 5.98. The second-order valence-electron chi connectivity index (χ2n) is 4.55. The van der Waals surface area contributed by atoms with Gasteiger partial charge in [-0.3, -0.25) is 0 Å². The summed E-state index contributed by atoms with van der Waals surface area (Å²) >= 11 is 5.98. The highest BCUT2D eigenvalue weighted by atomic mass is 35.5. The highest BCUT2D eigenvalue weighted by molar-refractivity contribution is 6.30. The first-order chi connectivity index (χ1) is 9.16. The Bertz CT molecular complexity index is 526. The molecule has 0 aliphatic heterocycles. The molecule has 0 aliphatic rings. The first-order valence-electron chi connectivity index (χ1n) is 6.38. The number of halogens is 1. The topological polar surface area (TPSA) is 35.2 Å². The molecule has 0 spiro atoms. The number of ether oxygens (including phenoxy) is 1. The van der Waals surface area contributed by atoms with Crippen LogP contribution in [0.4, 0.5) is 0 Å². The van der Waals surface area contributed by atoms with Crippen LogP contribution in [0.3, 0.4) is 0 Å². The van der Waals surface area contributed by atoms with Gasteiger partial charge in [0.25, 0.3) is 0 Å². The Hall–Kier alpha value is -1.51. The summed E-state index contributed by atoms with van der Waals surface area (Å²) in [6.07, 6.45) is 0.877. The lowest BCUT2D eigenvalue weighted by atomic mass is 10.1. The van der Waals surface area contributed by atoms with Crippen molar-refractivity contribution in [2.75, 3.05) is 6.61 Å². The van der Waals surface area contributed by atoms with Crippen LogP contribution in [0.5, 0.6) is 5.75 Å². The number of hydrogen-bond donors (Lipinski definition) is 1. The van der Waals surface area contributed by atoms with Gasteiger partial charge in [0, 0.05) is 23.0 Å². The number of benzene rings is 2. The van der Waals surface area contributed by atoms with Gasteiger partial charge in [0.1, 0.15) is 5.75 Å². The first-order valence-corrected chi connectivity index (χ1v) is 6.76. The van der Waals surface area contributed by atoms with E-state index in [2.05, 4.69) is 12.1 Å². The quantitative estimate of drug-likeness (QED) is 0.896. The Balaban J connectivity index is 2.00. The van der Waals surface area contributed by atoms with Crippen LogP contribution in [0.15, 0.2) is 48.5 Å². The molecule has 2 rings (SSSR count). The van der Waals surface area contributed by atoms with E-state index in [1.165, 1.54) is 5.56 Å². The fourth-order valence-electron chi connectivity index (χ4n) is 1.93. The summed E-state index contributed by atoms with van der Waals surface area (Å²) < 4.78 is 5.82. The zero-order valence-corrected chi connectivity index (χ0v) is 11.7. The van der Waals surface area contributed by atoms with E-state index < -0.39 is 0 Å². The van der Waals surface area contributed by atoms with E-state index in [1.54, 1.807) is 0 Å². The molecule has 0 radical (unpaired) electrons. The molecule has 3 heteroatoms. The van der Waals surface area contributed by atoms with E-state index in [-0.39, 0.29) is 6.04 Å². The van der Waals surface area contributed by atoms with Gasteiger partial charge in [0.2, 0.25) is 0 Å². The van der Waals surface area contributed by atoms with E-state index in [0.717, 1.165) is 17.7 Å². The predicted octanol–water partition coefficient (Wildman–Crippen LogP) is 3.98. The van der Waals surface area contributed by atoms with Crippen molar-refractivity contribution in [3.8, 4) is 5.75 Å². The zero-order chi connectivity index (χ0) is 13.7. The highest BCUT2D eigenvalue weighted by Crippen LogP contribution is 2.27. The molecule has 0 heterocycles. The van der Waals surface area contributed by atoms with Crippen molar-refractivity contribution in [3.05, 3.63) is 64.7 Å². The Labute approximate surface area is 119 Å². The Morgan fingerprint density at radius 3 is 2.58 bits per heavy atom. The summed E-state index contributed by atoms with van der Waals surface area (Å²) in [5.74, 6) is 0.815. The summed E-state index contributed by atoms with van der Waals surface area (Å²) in [4.78, 5) is 0. The lowest BCUT2D eigenvalue weighted by Crippen LogP contribution is -2.09. The van der Waals surface area contributed by atoms with E-state index in [1.807, 2.05) is 43.3 Å². The van der Waals surface area contributed by atoms with Gasteiger partial charge in [-0.15, -0.1) is 0 Å².